The number of hydrogen-bond acceptors (Lipinski definition) is 1. The predicted octanol–water partition coefficient (Wildman–Crippen LogP) is 4.62. The van der Waals surface area contributed by atoms with Crippen LogP contribution in [0.4, 0.5) is 0 Å². The van der Waals surface area contributed by atoms with E-state index < -0.39 is 0 Å². The summed E-state index contributed by atoms with van der Waals surface area (Å²) in [6.45, 7) is 0.812. The molecule has 1 amide bonds. The van der Waals surface area contributed by atoms with Gasteiger partial charge in [-0.25, -0.2) is 0 Å². The number of benzene rings is 1. The third-order valence-corrected chi connectivity index (χ3v) is 4.48. The third kappa shape index (κ3) is 3.56. The molecule has 1 aliphatic heterocycles. The van der Waals surface area contributed by atoms with Gasteiger partial charge in [-0.2, -0.15) is 0 Å². The highest BCUT2D eigenvalue weighted by Gasteiger charge is 2.28. The number of likely N-dealkylation sites (tertiary alicyclic amines) is 1. The van der Waals surface area contributed by atoms with E-state index in [0.29, 0.717) is 27.5 Å². The largest absolute Gasteiger partial charge is 0.336 e. The van der Waals surface area contributed by atoms with Gasteiger partial charge in [0.05, 0.1) is 10.0 Å². The zero-order valence-corrected chi connectivity index (χ0v) is 12.8. The highest BCUT2D eigenvalue weighted by molar-refractivity contribution is 6.42. The summed E-state index contributed by atoms with van der Waals surface area (Å²) in [7, 11) is 0. The molecular weight excluding hydrogens is 305 g/mol. The van der Waals surface area contributed by atoms with Crippen LogP contribution in [0.2, 0.25) is 10.0 Å². The Labute approximate surface area is 128 Å². The number of alkyl halides is 1. The maximum atomic E-state index is 12.5. The van der Waals surface area contributed by atoms with Crippen molar-refractivity contribution in [3.63, 3.8) is 0 Å². The van der Waals surface area contributed by atoms with Crippen molar-refractivity contribution < 1.29 is 4.79 Å². The molecule has 1 aromatic carbocycles. The highest BCUT2D eigenvalue weighted by Crippen LogP contribution is 2.27. The second-order valence-corrected chi connectivity index (χ2v) is 5.95. The van der Waals surface area contributed by atoms with Crippen molar-refractivity contribution in [1.82, 2.24) is 4.90 Å². The van der Waals surface area contributed by atoms with E-state index in [0.717, 1.165) is 32.2 Å². The van der Waals surface area contributed by atoms with E-state index in [4.69, 9.17) is 34.8 Å². The Morgan fingerprint density at radius 2 is 2.11 bits per heavy atom. The molecule has 0 radical (unpaired) electrons. The van der Waals surface area contributed by atoms with E-state index in [-0.39, 0.29) is 5.91 Å². The van der Waals surface area contributed by atoms with E-state index in [1.54, 1.807) is 18.2 Å². The first-order chi connectivity index (χ1) is 9.13. The molecule has 1 fully saturated rings. The van der Waals surface area contributed by atoms with Gasteiger partial charge in [-0.15, -0.1) is 11.6 Å². The van der Waals surface area contributed by atoms with Crippen LogP contribution in [0, 0.1) is 0 Å². The summed E-state index contributed by atoms with van der Waals surface area (Å²) in [4.78, 5) is 14.4. The smallest absolute Gasteiger partial charge is 0.254 e. The number of carbonyl (C=O) groups is 1. The minimum atomic E-state index is 0.0376. The summed E-state index contributed by atoms with van der Waals surface area (Å²) < 4.78 is 0. The number of halogens is 3. The summed E-state index contributed by atoms with van der Waals surface area (Å²) in [5, 5.41) is 0.891. The molecule has 2 nitrogen and oxygen atoms in total. The van der Waals surface area contributed by atoms with Crippen LogP contribution in [0.3, 0.4) is 0 Å². The first-order valence-corrected chi connectivity index (χ1v) is 7.74. The molecule has 1 unspecified atom stereocenters. The molecule has 1 heterocycles. The topological polar surface area (TPSA) is 20.3 Å². The maximum absolute atomic E-state index is 12.5. The van der Waals surface area contributed by atoms with Crippen molar-refractivity contribution in [3.05, 3.63) is 33.8 Å². The quantitative estimate of drug-likeness (QED) is 0.741. The van der Waals surface area contributed by atoms with E-state index in [2.05, 4.69) is 0 Å². The van der Waals surface area contributed by atoms with Gasteiger partial charge >= 0.3 is 0 Å². The van der Waals surface area contributed by atoms with Gasteiger partial charge < -0.3 is 4.90 Å². The van der Waals surface area contributed by atoms with Crippen LogP contribution in [-0.4, -0.2) is 29.3 Å². The lowest BCUT2D eigenvalue weighted by Gasteiger charge is -2.24. The molecule has 1 aliphatic rings. The van der Waals surface area contributed by atoms with Crippen LogP contribution in [0.1, 0.15) is 36.0 Å². The minimum absolute atomic E-state index is 0.0376. The van der Waals surface area contributed by atoms with Crippen LogP contribution >= 0.6 is 34.8 Å². The van der Waals surface area contributed by atoms with Crippen molar-refractivity contribution in [1.29, 1.82) is 0 Å². The van der Waals surface area contributed by atoms with Crippen molar-refractivity contribution in [3.8, 4) is 0 Å². The molecule has 0 aromatic heterocycles. The predicted molar refractivity (Wildman–Crippen MR) is 80.5 cm³/mol. The first-order valence-electron chi connectivity index (χ1n) is 6.45. The third-order valence-electron chi connectivity index (χ3n) is 3.48. The molecular formula is C14H16Cl3NO. The molecule has 0 N–H and O–H groups in total. The summed E-state index contributed by atoms with van der Waals surface area (Å²) >= 11 is 17.6. The molecule has 0 saturated carbocycles. The fourth-order valence-electron chi connectivity index (χ4n) is 2.51. The van der Waals surface area contributed by atoms with E-state index >= 15 is 0 Å². The lowest BCUT2D eigenvalue weighted by Crippen LogP contribution is -2.35. The van der Waals surface area contributed by atoms with E-state index in [1.165, 1.54) is 0 Å². The molecule has 1 aromatic rings. The van der Waals surface area contributed by atoms with Crippen LogP contribution in [0.5, 0.6) is 0 Å². The highest BCUT2D eigenvalue weighted by atomic mass is 35.5. The van der Waals surface area contributed by atoms with Crippen molar-refractivity contribution in [2.24, 2.45) is 0 Å². The molecule has 1 atom stereocenters. The summed E-state index contributed by atoms with van der Waals surface area (Å²) in [5.74, 6) is 0.682. The minimum Gasteiger partial charge on any atom is -0.336 e. The van der Waals surface area contributed by atoms with Crippen molar-refractivity contribution >= 4 is 40.7 Å². The second kappa shape index (κ2) is 6.83. The van der Waals surface area contributed by atoms with Crippen LogP contribution in [0.25, 0.3) is 0 Å². The number of amides is 1. The zero-order chi connectivity index (χ0) is 13.8. The Kier molecular flexibility index (Phi) is 5.37. The standard InChI is InChI=1S/C14H16Cl3NO/c15-7-1-3-11-4-2-8-18(11)14(19)10-5-6-12(16)13(17)9-10/h5-6,9,11H,1-4,7-8H2. The van der Waals surface area contributed by atoms with Gasteiger partial charge in [-0.05, 0) is 43.9 Å². The second-order valence-electron chi connectivity index (χ2n) is 4.75. The SMILES string of the molecule is O=C(c1ccc(Cl)c(Cl)c1)N1CCCC1CCCCl. The maximum Gasteiger partial charge on any atom is 0.254 e. The molecule has 0 bridgehead atoms. The lowest BCUT2D eigenvalue weighted by atomic mass is 10.1. The number of carbonyl (C=O) groups excluding carboxylic acids is 1. The molecule has 5 heteroatoms. The Morgan fingerprint density at radius 3 is 2.79 bits per heavy atom. The van der Waals surface area contributed by atoms with Gasteiger partial charge in [0.1, 0.15) is 0 Å². The number of rotatable bonds is 4. The Morgan fingerprint density at radius 1 is 1.32 bits per heavy atom. The fraction of sp³-hybridized carbons (Fsp3) is 0.500. The molecule has 0 spiro atoms. The Balaban J connectivity index is 2.11. The average Bonchev–Trinajstić information content (AvgIpc) is 2.87. The summed E-state index contributed by atoms with van der Waals surface area (Å²) in [5.41, 5.74) is 0.604. The van der Waals surface area contributed by atoms with Gasteiger partial charge in [0.25, 0.3) is 5.91 Å². The fourth-order valence-corrected chi connectivity index (χ4v) is 2.96. The van der Waals surface area contributed by atoms with Gasteiger partial charge in [0.15, 0.2) is 0 Å². The normalized spacial score (nSPS) is 18.9. The van der Waals surface area contributed by atoms with E-state index in [9.17, 15) is 4.79 Å². The molecule has 1 saturated heterocycles. The van der Waals surface area contributed by atoms with Crippen molar-refractivity contribution in [2.75, 3.05) is 12.4 Å². The Hall–Kier alpha value is -0.440. The van der Waals surface area contributed by atoms with Crippen molar-refractivity contribution in [2.45, 2.75) is 31.7 Å². The van der Waals surface area contributed by atoms with Gasteiger partial charge in [-0.1, -0.05) is 23.2 Å². The van der Waals surface area contributed by atoms with E-state index in [1.807, 2.05) is 4.90 Å². The molecule has 0 aliphatic carbocycles. The van der Waals surface area contributed by atoms with Crippen LogP contribution in [0.15, 0.2) is 18.2 Å². The zero-order valence-electron chi connectivity index (χ0n) is 10.5. The van der Waals surface area contributed by atoms with Gasteiger partial charge in [-0.3, -0.25) is 4.79 Å². The number of hydrogen-bond donors (Lipinski definition) is 0. The lowest BCUT2D eigenvalue weighted by molar-refractivity contribution is 0.0730. The molecule has 104 valence electrons. The summed E-state index contributed by atoms with van der Waals surface area (Å²) in [6, 6.07) is 5.35. The monoisotopic (exact) mass is 319 g/mol. The van der Waals surface area contributed by atoms with Crippen LogP contribution < -0.4 is 0 Å². The average molecular weight is 321 g/mol. The van der Waals surface area contributed by atoms with Crippen LogP contribution in [-0.2, 0) is 0 Å². The van der Waals surface area contributed by atoms with Gasteiger partial charge in [0.2, 0.25) is 0 Å². The summed E-state index contributed by atoms with van der Waals surface area (Å²) in [6.07, 6.45) is 4.03. The first kappa shape index (κ1) is 15.0. The number of nitrogens with zero attached hydrogens (tertiary/aromatic N) is 1. The molecule has 19 heavy (non-hydrogen) atoms. The van der Waals surface area contributed by atoms with Gasteiger partial charge in [0, 0.05) is 24.0 Å². The Bertz CT molecular complexity index is 464. The molecule has 2 rings (SSSR count).